The van der Waals surface area contributed by atoms with Crippen molar-refractivity contribution >= 4 is 5.65 Å². The number of aliphatic hydroxyl groups is 1. The summed E-state index contributed by atoms with van der Waals surface area (Å²) in [4.78, 5) is 4.64. The highest BCUT2D eigenvalue weighted by Crippen LogP contribution is 2.26. The summed E-state index contributed by atoms with van der Waals surface area (Å²) >= 11 is 0. The van der Waals surface area contributed by atoms with Gasteiger partial charge >= 0.3 is 0 Å². The van der Waals surface area contributed by atoms with E-state index in [0.717, 1.165) is 33.8 Å². The normalized spacial score (nSPS) is 11.0. The lowest BCUT2D eigenvalue weighted by molar-refractivity contribution is 0.276. The first-order chi connectivity index (χ1) is 12.7. The highest BCUT2D eigenvalue weighted by molar-refractivity contribution is 5.68. The molecule has 4 rings (SSSR count). The summed E-state index contributed by atoms with van der Waals surface area (Å²) in [6.07, 6.45) is 3.85. The first kappa shape index (κ1) is 16.3. The number of aromatic nitrogens is 2. The van der Waals surface area contributed by atoms with E-state index in [9.17, 15) is 4.39 Å². The van der Waals surface area contributed by atoms with Gasteiger partial charge in [-0.1, -0.05) is 24.3 Å². The van der Waals surface area contributed by atoms with Gasteiger partial charge in [-0.15, -0.1) is 0 Å². The molecule has 0 atom stereocenters. The molecule has 26 heavy (non-hydrogen) atoms. The molecule has 2 aromatic carbocycles. The van der Waals surface area contributed by atoms with E-state index >= 15 is 0 Å². The molecule has 4 nitrogen and oxygen atoms in total. The monoisotopic (exact) mass is 348 g/mol. The van der Waals surface area contributed by atoms with Crippen molar-refractivity contribution in [2.45, 2.75) is 6.61 Å². The molecule has 5 heteroatoms. The van der Waals surface area contributed by atoms with Crippen molar-refractivity contribution in [1.82, 2.24) is 9.38 Å². The Morgan fingerprint density at radius 2 is 1.85 bits per heavy atom. The van der Waals surface area contributed by atoms with Crippen LogP contribution in [0.25, 0.3) is 28.0 Å². The zero-order valence-electron chi connectivity index (χ0n) is 14.2. The quantitative estimate of drug-likeness (QED) is 0.598. The van der Waals surface area contributed by atoms with E-state index in [-0.39, 0.29) is 12.2 Å². The Morgan fingerprint density at radius 1 is 1.00 bits per heavy atom. The smallest absolute Gasteiger partial charge is 0.137 e. The van der Waals surface area contributed by atoms with Crippen LogP contribution >= 0.6 is 0 Å². The second kappa shape index (κ2) is 6.61. The fourth-order valence-electron chi connectivity index (χ4n) is 2.94. The van der Waals surface area contributed by atoms with Crippen LogP contribution in [0.15, 0.2) is 67.0 Å². The SMILES string of the molecule is COc1cccc(-c2cn3cc(-c4ccc(CO)c(F)c4)ccc3n2)c1. The summed E-state index contributed by atoms with van der Waals surface area (Å²) in [7, 11) is 1.64. The van der Waals surface area contributed by atoms with Crippen molar-refractivity contribution < 1.29 is 14.2 Å². The number of hydrogen-bond donors (Lipinski definition) is 1. The zero-order valence-corrected chi connectivity index (χ0v) is 14.2. The summed E-state index contributed by atoms with van der Waals surface area (Å²) in [5.41, 5.74) is 4.52. The topological polar surface area (TPSA) is 46.8 Å². The molecular formula is C21H17FN2O2. The van der Waals surface area contributed by atoms with Crippen LogP contribution in [0.3, 0.4) is 0 Å². The van der Waals surface area contributed by atoms with Gasteiger partial charge in [-0.3, -0.25) is 0 Å². The van der Waals surface area contributed by atoms with Crippen LogP contribution in [0.1, 0.15) is 5.56 Å². The van der Waals surface area contributed by atoms with E-state index in [4.69, 9.17) is 9.84 Å². The first-order valence-corrected chi connectivity index (χ1v) is 8.21. The molecule has 0 bridgehead atoms. The zero-order chi connectivity index (χ0) is 18.1. The Hall–Kier alpha value is -3.18. The molecule has 0 unspecified atom stereocenters. The maximum Gasteiger partial charge on any atom is 0.137 e. The lowest BCUT2D eigenvalue weighted by Gasteiger charge is -2.05. The third-order valence-electron chi connectivity index (χ3n) is 4.37. The van der Waals surface area contributed by atoms with Crippen LogP contribution in [0.5, 0.6) is 5.75 Å². The highest BCUT2D eigenvalue weighted by atomic mass is 19.1. The number of imidazole rings is 1. The van der Waals surface area contributed by atoms with Gasteiger partial charge in [-0.25, -0.2) is 9.37 Å². The molecule has 0 spiro atoms. The summed E-state index contributed by atoms with van der Waals surface area (Å²) < 4.78 is 21.1. The molecule has 130 valence electrons. The van der Waals surface area contributed by atoms with E-state index in [1.165, 1.54) is 6.07 Å². The standard InChI is InChI=1S/C21H17FN2O2/c1-26-18-4-2-3-15(9-18)20-12-24-11-16(7-8-21(24)23-20)14-5-6-17(13-25)19(22)10-14/h2-12,25H,13H2,1H3. The maximum absolute atomic E-state index is 14.0. The molecule has 2 aromatic heterocycles. The number of pyridine rings is 1. The Balaban J connectivity index is 1.75. The number of rotatable bonds is 4. The van der Waals surface area contributed by atoms with Gasteiger partial charge < -0.3 is 14.2 Å². The van der Waals surface area contributed by atoms with E-state index in [0.29, 0.717) is 0 Å². The van der Waals surface area contributed by atoms with Gasteiger partial charge in [0.2, 0.25) is 0 Å². The van der Waals surface area contributed by atoms with Crippen molar-refractivity contribution in [3.63, 3.8) is 0 Å². The minimum Gasteiger partial charge on any atom is -0.497 e. The number of benzene rings is 2. The number of ether oxygens (including phenoxy) is 1. The van der Waals surface area contributed by atoms with Crippen molar-refractivity contribution in [2.75, 3.05) is 7.11 Å². The van der Waals surface area contributed by atoms with Crippen LogP contribution in [0.2, 0.25) is 0 Å². The molecule has 2 heterocycles. The number of fused-ring (bicyclic) bond motifs is 1. The van der Waals surface area contributed by atoms with Gasteiger partial charge in [0.15, 0.2) is 0 Å². The Bertz CT molecular complexity index is 1090. The highest BCUT2D eigenvalue weighted by Gasteiger charge is 2.08. The molecule has 0 amide bonds. The average molecular weight is 348 g/mol. The molecule has 1 N–H and O–H groups in total. The Kier molecular flexibility index (Phi) is 4.14. The first-order valence-electron chi connectivity index (χ1n) is 8.21. The number of halogens is 1. The van der Waals surface area contributed by atoms with Crippen LogP contribution < -0.4 is 4.74 Å². The van der Waals surface area contributed by atoms with Crippen LogP contribution in [0, 0.1) is 5.82 Å². The van der Waals surface area contributed by atoms with E-state index in [1.807, 2.05) is 53.2 Å². The molecule has 0 saturated heterocycles. The molecular weight excluding hydrogens is 331 g/mol. The summed E-state index contributed by atoms with van der Waals surface area (Å²) in [6.45, 7) is -0.309. The number of methoxy groups -OCH3 is 1. The predicted octanol–water partition coefficient (Wildman–Crippen LogP) is 4.31. The molecule has 0 saturated carbocycles. The van der Waals surface area contributed by atoms with Crippen molar-refractivity contribution in [2.24, 2.45) is 0 Å². The van der Waals surface area contributed by atoms with Crippen LogP contribution in [0.4, 0.5) is 4.39 Å². The molecule has 0 aliphatic heterocycles. The lowest BCUT2D eigenvalue weighted by atomic mass is 10.1. The fourth-order valence-corrected chi connectivity index (χ4v) is 2.94. The van der Waals surface area contributed by atoms with Crippen molar-refractivity contribution in [1.29, 1.82) is 0 Å². The Labute approximate surface area is 150 Å². The van der Waals surface area contributed by atoms with Crippen molar-refractivity contribution in [3.05, 3.63) is 78.4 Å². The maximum atomic E-state index is 14.0. The van der Waals surface area contributed by atoms with Crippen molar-refractivity contribution in [3.8, 4) is 28.1 Å². The van der Waals surface area contributed by atoms with Gasteiger partial charge in [0, 0.05) is 23.5 Å². The molecule has 0 aliphatic rings. The van der Waals surface area contributed by atoms with Gasteiger partial charge in [0.1, 0.15) is 17.2 Å². The summed E-state index contributed by atoms with van der Waals surface area (Å²) in [5.74, 6) is 0.368. The second-order valence-corrected chi connectivity index (χ2v) is 6.01. The van der Waals surface area contributed by atoms with Gasteiger partial charge in [-0.05, 0) is 41.5 Å². The third-order valence-corrected chi connectivity index (χ3v) is 4.37. The summed E-state index contributed by atoms with van der Waals surface area (Å²) in [6, 6.07) is 16.4. The molecule has 4 aromatic rings. The summed E-state index contributed by atoms with van der Waals surface area (Å²) in [5, 5.41) is 9.11. The van der Waals surface area contributed by atoms with Gasteiger partial charge in [0.25, 0.3) is 0 Å². The van der Waals surface area contributed by atoms with Gasteiger partial charge in [0.05, 0.1) is 19.4 Å². The fraction of sp³-hybridized carbons (Fsp3) is 0.0952. The molecule has 0 aliphatic carbocycles. The molecule has 0 radical (unpaired) electrons. The average Bonchev–Trinajstić information content (AvgIpc) is 3.11. The lowest BCUT2D eigenvalue weighted by Crippen LogP contribution is -1.91. The van der Waals surface area contributed by atoms with E-state index in [2.05, 4.69) is 4.98 Å². The minimum atomic E-state index is -0.409. The largest absolute Gasteiger partial charge is 0.497 e. The predicted molar refractivity (Wildman–Crippen MR) is 98.5 cm³/mol. The molecule has 0 fully saturated rings. The van der Waals surface area contributed by atoms with Crippen LogP contribution in [-0.4, -0.2) is 21.6 Å². The van der Waals surface area contributed by atoms with E-state index < -0.39 is 5.82 Å². The third kappa shape index (κ3) is 2.93. The van der Waals surface area contributed by atoms with Gasteiger partial charge in [-0.2, -0.15) is 0 Å². The number of aliphatic hydroxyl groups excluding tert-OH is 1. The Morgan fingerprint density at radius 3 is 2.62 bits per heavy atom. The van der Waals surface area contributed by atoms with Crippen LogP contribution in [-0.2, 0) is 6.61 Å². The van der Waals surface area contributed by atoms with E-state index in [1.54, 1.807) is 19.2 Å². The number of hydrogen-bond acceptors (Lipinski definition) is 3. The second-order valence-electron chi connectivity index (χ2n) is 6.01. The minimum absolute atomic E-state index is 0.290. The number of nitrogens with zero attached hydrogens (tertiary/aromatic N) is 2.